The number of benzene rings is 1. The van der Waals surface area contributed by atoms with Crippen molar-refractivity contribution in [3.63, 3.8) is 0 Å². The van der Waals surface area contributed by atoms with Crippen LogP contribution in [0.4, 0.5) is 4.39 Å². The lowest BCUT2D eigenvalue weighted by Gasteiger charge is -2.13. The summed E-state index contributed by atoms with van der Waals surface area (Å²) in [7, 11) is 0. The molecular formula is C12H13FO. The van der Waals surface area contributed by atoms with Crippen molar-refractivity contribution in [2.45, 2.75) is 24.9 Å². The average Bonchev–Trinajstić information content (AvgIpc) is 2.90. The van der Waals surface area contributed by atoms with E-state index >= 15 is 0 Å². The number of hydrogen-bond donors (Lipinski definition) is 1. The molecule has 0 radical (unpaired) electrons. The van der Waals surface area contributed by atoms with Gasteiger partial charge in [0, 0.05) is 0 Å². The molecule has 1 unspecified atom stereocenters. The van der Waals surface area contributed by atoms with Gasteiger partial charge in [0.25, 0.3) is 0 Å². The molecule has 2 heteroatoms. The van der Waals surface area contributed by atoms with Crippen LogP contribution in [0.3, 0.4) is 0 Å². The van der Waals surface area contributed by atoms with Crippen molar-refractivity contribution in [1.29, 1.82) is 0 Å². The number of halogens is 1. The van der Waals surface area contributed by atoms with Crippen molar-refractivity contribution in [2.75, 3.05) is 0 Å². The summed E-state index contributed by atoms with van der Waals surface area (Å²) >= 11 is 0. The smallest absolute Gasteiger partial charge is 0.123 e. The summed E-state index contributed by atoms with van der Waals surface area (Å²) in [6.45, 7) is 0. The molecule has 14 heavy (non-hydrogen) atoms. The van der Waals surface area contributed by atoms with Gasteiger partial charge in [0.1, 0.15) is 5.82 Å². The number of fused-ring (bicyclic) bond motifs is 1. The van der Waals surface area contributed by atoms with E-state index in [4.69, 9.17) is 0 Å². The van der Waals surface area contributed by atoms with Crippen molar-refractivity contribution in [2.24, 2.45) is 11.8 Å². The van der Waals surface area contributed by atoms with Gasteiger partial charge in [-0.15, -0.1) is 0 Å². The quantitative estimate of drug-likeness (QED) is 0.724. The Hall–Kier alpha value is -0.890. The molecule has 2 aliphatic carbocycles. The van der Waals surface area contributed by atoms with Gasteiger partial charge in [0.05, 0.1) is 6.10 Å². The maximum Gasteiger partial charge on any atom is 0.123 e. The van der Waals surface area contributed by atoms with E-state index in [-0.39, 0.29) is 11.9 Å². The van der Waals surface area contributed by atoms with Crippen LogP contribution in [-0.2, 0) is 0 Å². The Morgan fingerprint density at radius 1 is 1.07 bits per heavy atom. The van der Waals surface area contributed by atoms with Crippen LogP contribution in [0.5, 0.6) is 0 Å². The van der Waals surface area contributed by atoms with Gasteiger partial charge in [-0.1, -0.05) is 12.1 Å². The number of aliphatic hydroxyl groups is 1. The van der Waals surface area contributed by atoms with Crippen molar-refractivity contribution < 1.29 is 9.50 Å². The first kappa shape index (κ1) is 8.42. The predicted molar refractivity (Wildman–Crippen MR) is 51.4 cm³/mol. The third-order valence-corrected chi connectivity index (χ3v) is 3.70. The van der Waals surface area contributed by atoms with Crippen LogP contribution in [0.15, 0.2) is 24.3 Å². The highest BCUT2D eigenvalue weighted by Crippen LogP contribution is 2.59. The lowest BCUT2D eigenvalue weighted by atomic mass is 9.94. The van der Waals surface area contributed by atoms with E-state index in [9.17, 15) is 9.50 Å². The Bertz CT molecular complexity index is 346. The second kappa shape index (κ2) is 2.80. The lowest BCUT2D eigenvalue weighted by molar-refractivity contribution is 0.156. The summed E-state index contributed by atoms with van der Waals surface area (Å²) in [5.74, 6) is 1.48. The first-order chi connectivity index (χ1) is 6.75. The van der Waals surface area contributed by atoms with Crippen molar-refractivity contribution in [3.8, 4) is 0 Å². The minimum Gasteiger partial charge on any atom is -0.393 e. The average molecular weight is 192 g/mol. The summed E-state index contributed by atoms with van der Waals surface area (Å²) in [4.78, 5) is 0. The number of rotatable bonds is 1. The highest BCUT2D eigenvalue weighted by atomic mass is 19.1. The molecule has 0 spiro atoms. The fraction of sp³-hybridized carbons (Fsp3) is 0.500. The number of hydrogen-bond acceptors (Lipinski definition) is 1. The summed E-state index contributed by atoms with van der Waals surface area (Å²) in [5.41, 5.74) is 1.19. The normalized spacial score (nSPS) is 39.6. The maximum atomic E-state index is 12.7. The van der Waals surface area contributed by atoms with Crippen LogP contribution in [0, 0.1) is 17.7 Å². The molecule has 1 N–H and O–H groups in total. The summed E-state index contributed by atoms with van der Waals surface area (Å²) < 4.78 is 12.7. The largest absolute Gasteiger partial charge is 0.393 e. The topological polar surface area (TPSA) is 20.2 Å². The van der Waals surface area contributed by atoms with Crippen molar-refractivity contribution in [3.05, 3.63) is 35.6 Å². The molecule has 4 atom stereocenters. The van der Waals surface area contributed by atoms with E-state index in [1.165, 1.54) is 17.7 Å². The fourth-order valence-electron chi connectivity index (χ4n) is 2.84. The zero-order valence-electron chi connectivity index (χ0n) is 7.86. The molecule has 74 valence electrons. The van der Waals surface area contributed by atoms with Gasteiger partial charge in [-0.2, -0.15) is 0 Å². The van der Waals surface area contributed by atoms with Crippen LogP contribution in [0.1, 0.15) is 24.3 Å². The Labute approximate surface area is 82.6 Å². The second-order valence-corrected chi connectivity index (χ2v) is 4.52. The van der Waals surface area contributed by atoms with Crippen LogP contribution in [0.2, 0.25) is 0 Å². The predicted octanol–water partition coefficient (Wildman–Crippen LogP) is 2.31. The van der Waals surface area contributed by atoms with Gasteiger partial charge in [0.2, 0.25) is 0 Å². The number of aliphatic hydroxyl groups excluding tert-OH is 1. The van der Waals surface area contributed by atoms with Gasteiger partial charge in [-0.25, -0.2) is 4.39 Å². The van der Waals surface area contributed by atoms with Gasteiger partial charge < -0.3 is 5.11 Å². The van der Waals surface area contributed by atoms with Gasteiger partial charge in [-0.3, -0.25) is 0 Å². The third kappa shape index (κ3) is 1.17. The Kier molecular flexibility index (Phi) is 1.68. The highest BCUT2D eigenvalue weighted by Gasteiger charge is 2.53. The van der Waals surface area contributed by atoms with Gasteiger partial charge >= 0.3 is 0 Å². The van der Waals surface area contributed by atoms with E-state index in [0.29, 0.717) is 17.8 Å². The molecule has 1 nitrogen and oxygen atoms in total. The first-order valence-corrected chi connectivity index (χ1v) is 5.19. The molecule has 1 aromatic carbocycles. The first-order valence-electron chi connectivity index (χ1n) is 5.19. The highest BCUT2D eigenvalue weighted by molar-refractivity contribution is 5.26. The zero-order chi connectivity index (χ0) is 9.71. The fourth-order valence-corrected chi connectivity index (χ4v) is 2.84. The maximum absolute atomic E-state index is 12.7. The molecule has 0 amide bonds. The van der Waals surface area contributed by atoms with Crippen LogP contribution in [0.25, 0.3) is 0 Å². The van der Waals surface area contributed by atoms with Crippen molar-refractivity contribution >= 4 is 0 Å². The molecule has 3 rings (SSSR count). The molecule has 0 saturated heterocycles. The standard InChI is InChI=1S/C12H13FO/c13-8-3-1-7(2-4-8)9-6-12(14)11-5-10(9)11/h1-4,9-12,14H,5-6H2/t9-,10?,11-,12+/m1/s1. The summed E-state index contributed by atoms with van der Waals surface area (Å²) in [5, 5.41) is 9.65. The van der Waals surface area contributed by atoms with E-state index < -0.39 is 0 Å². The zero-order valence-corrected chi connectivity index (χ0v) is 7.86. The van der Waals surface area contributed by atoms with Crippen LogP contribution >= 0.6 is 0 Å². The molecule has 0 heterocycles. The van der Waals surface area contributed by atoms with Crippen molar-refractivity contribution in [1.82, 2.24) is 0 Å². The molecular weight excluding hydrogens is 179 g/mol. The Morgan fingerprint density at radius 3 is 2.29 bits per heavy atom. The third-order valence-electron chi connectivity index (χ3n) is 3.70. The Morgan fingerprint density at radius 2 is 1.79 bits per heavy atom. The van der Waals surface area contributed by atoms with Crippen LogP contribution < -0.4 is 0 Å². The van der Waals surface area contributed by atoms with E-state index in [0.717, 1.165) is 12.8 Å². The molecule has 0 bridgehead atoms. The minimum atomic E-state index is -0.181. The van der Waals surface area contributed by atoms with Crippen LogP contribution in [-0.4, -0.2) is 11.2 Å². The molecule has 0 aliphatic heterocycles. The SMILES string of the molecule is O[C@H]1C[C@H](c2ccc(F)cc2)C2C[C@H]21. The lowest BCUT2D eigenvalue weighted by Crippen LogP contribution is -2.06. The van der Waals surface area contributed by atoms with Gasteiger partial charge in [-0.05, 0) is 48.3 Å². The molecule has 0 aromatic heterocycles. The summed E-state index contributed by atoms with van der Waals surface area (Å²) in [6, 6.07) is 6.73. The van der Waals surface area contributed by atoms with Gasteiger partial charge in [0.15, 0.2) is 0 Å². The molecule has 2 fully saturated rings. The molecule has 2 saturated carbocycles. The second-order valence-electron chi connectivity index (χ2n) is 4.52. The minimum absolute atomic E-state index is 0.116. The van der Waals surface area contributed by atoms with E-state index in [1.807, 2.05) is 12.1 Å². The van der Waals surface area contributed by atoms with E-state index in [2.05, 4.69) is 0 Å². The molecule has 1 aromatic rings. The Balaban J connectivity index is 1.86. The monoisotopic (exact) mass is 192 g/mol. The summed E-state index contributed by atoms with van der Waals surface area (Å²) in [6.07, 6.45) is 1.90. The van der Waals surface area contributed by atoms with E-state index in [1.54, 1.807) is 0 Å². The molecule has 2 aliphatic rings.